The molecule has 0 bridgehead atoms. The molecule has 0 aliphatic carbocycles. The fraction of sp³-hybridized carbons (Fsp3) is 0.417. The van der Waals surface area contributed by atoms with E-state index in [4.69, 9.17) is 9.47 Å². The number of amides is 2. The molecule has 62 heavy (non-hydrogen) atoms. The number of ether oxygens (including phenoxy) is 2. The van der Waals surface area contributed by atoms with Gasteiger partial charge in [0.2, 0.25) is 5.91 Å². The van der Waals surface area contributed by atoms with Gasteiger partial charge in [-0.15, -0.1) is 5.10 Å². The van der Waals surface area contributed by atoms with Crippen LogP contribution in [0.25, 0.3) is 0 Å². The molecule has 6 atom stereocenters. The molecule has 4 aromatic carbocycles. The largest absolute Gasteiger partial charge is 0.494 e. The number of carbonyl (C=O) groups is 2. The molecule has 5 aromatic rings. The molecule has 1 aromatic heterocycles. The van der Waals surface area contributed by atoms with E-state index < -0.39 is 26.1 Å². The van der Waals surface area contributed by atoms with Crippen LogP contribution in [0.5, 0.6) is 5.75 Å². The highest BCUT2D eigenvalue weighted by Gasteiger charge is 2.66. The number of fused-ring (bicyclic) bond motifs is 3. The van der Waals surface area contributed by atoms with Crippen LogP contribution in [0.15, 0.2) is 103 Å². The summed E-state index contributed by atoms with van der Waals surface area (Å²) in [7, 11) is -2.90. The summed E-state index contributed by atoms with van der Waals surface area (Å²) in [6.07, 6.45) is 3.89. The zero-order valence-corrected chi connectivity index (χ0v) is 37.0. The van der Waals surface area contributed by atoms with Crippen LogP contribution in [0.2, 0.25) is 18.6 Å². The lowest BCUT2D eigenvalue weighted by Crippen LogP contribution is -2.49. The van der Waals surface area contributed by atoms with Crippen molar-refractivity contribution < 1.29 is 34.1 Å². The number of nitrogens with zero attached hydrogens (tertiary/aromatic N) is 5. The molecule has 1 spiro atoms. The number of aliphatic hydroxyl groups excluding tert-OH is 2. The number of anilines is 3. The quantitative estimate of drug-likeness (QED) is 0.0627. The molecule has 326 valence electrons. The average Bonchev–Trinajstić information content (AvgIpc) is 3.93. The van der Waals surface area contributed by atoms with Crippen molar-refractivity contribution in [3.05, 3.63) is 131 Å². The van der Waals surface area contributed by atoms with E-state index in [1.807, 2.05) is 130 Å². The number of hydrogen-bond donors (Lipinski definition) is 4. The zero-order chi connectivity index (χ0) is 43.6. The van der Waals surface area contributed by atoms with Gasteiger partial charge in [-0.2, -0.15) is 0 Å². The van der Waals surface area contributed by atoms with E-state index in [1.54, 1.807) is 14.5 Å². The van der Waals surface area contributed by atoms with Crippen LogP contribution in [0, 0.1) is 5.92 Å². The lowest BCUT2D eigenvalue weighted by atomic mass is 9.82. The molecule has 4 heterocycles. The molecule has 14 heteroatoms. The van der Waals surface area contributed by atoms with E-state index >= 15 is 4.79 Å². The van der Waals surface area contributed by atoms with E-state index in [2.05, 4.69) is 15.6 Å². The molecule has 13 nitrogen and oxygen atoms in total. The number of para-hydroxylation sites is 1. The van der Waals surface area contributed by atoms with Gasteiger partial charge in [-0.25, -0.2) is 0 Å². The summed E-state index contributed by atoms with van der Waals surface area (Å²) in [4.78, 5) is 44.6. The Hall–Kier alpha value is -5.22. The number of rotatable bonds is 17. The molecular weight excluding hydrogens is 801 g/mol. The first-order valence-corrected chi connectivity index (χ1v) is 24.9. The number of aromatic nitrogens is 3. The first kappa shape index (κ1) is 43.4. The van der Waals surface area contributed by atoms with Gasteiger partial charge < -0.3 is 34.7 Å². The number of carbonyl (C=O) groups excluding carboxylic acids is 2. The van der Waals surface area contributed by atoms with E-state index in [-0.39, 0.29) is 48.9 Å². The van der Waals surface area contributed by atoms with Crippen molar-refractivity contribution in [1.82, 2.24) is 20.3 Å². The summed E-state index contributed by atoms with van der Waals surface area (Å²) in [5.74, 6) is -0.0724. The van der Waals surface area contributed by atoms with Crippen LogP contribution in [-0.4, -0.2) is 88.6 Å². The molecule has 2 unspecified atom stereocenters. The highest BCUT2D eigenvalue weighted by Crippen LogP contribution is 2.59. The topological polar surface area (TPSA) is 163 Å². The summed E-state index contributed by atoms with van der Waals surface area (Å²) in [5.41, 5.74) is 5.09. The minimum atomic E-state index is -2.90. The minimum Gasteiger partial charge on any atom is -0.494 e. The van der Waals surface area contributed by atoms with Crippen LogP contribution in [0.3, 0.4) is 0 Å². The van der Waals surface area contributed by atoms with Gasteiger partial charge in [-0.1, -0.05) is 72.8 Å². The smallest absolute Gasteiger partial charge is 0.264 e. The Balaban J connectivity index is 1.03. The Bertz CT molecular complexity index is 2350. The Morgan fingerprint density at radius 2 is 1.73 bits per heavy atom. The van der Waals surface area contributed by atoms with Crippen LogP contribution in [0.1, 0.15) is 67.0 Å². The molecule has 1 fully saturated rings. The number of aryl methyl sites for hydroxylation is 1. The zero-order valence-electron chi connectivity index (χ0n) is 36.0. The van der Waals surface area contributed by atoms with Gasteiger partial charge >= 0.3 is 0 Å². The summed E-state index contributed by atoms with van der Waals surface area (Å²) in [6.45, 7) is 9.74. The van der Waals surface area contributed by atoms with Crippen molar-refractivity contribution in [2.75, 3.05) is 36.2 Å². The van der Waals surface area contributed by atoms with Crippen LogP contribution >= 0.6 is 0 Å². The number of hydrogen-bond acceptors (Lipinski definition) is 10. The first-order chi connectivity index (χ1) is 30.0. The molecule has 2 amide bonds. The Kier molecular flexibility index (Phi) is 12.8. The molecule has 1 saturated heterocycles. The molecule has 0 radical (unpaired) electrons. The molecular formula is C48H58N6O7Si. The van der Waals surface area contributed by atoms with Gasteiger partial charge in [0.05, 0.1) is 54.9 Å². The van der Waals surface area contributed by atoms with E-state index in [9.17, 15) is 19.8 Å². The Morgan fingerprint density at radius 3 is 2.45 bits per heavy atom. The van der Waals surface area contributed by atoms with E-state index in [0.717, 1.165) is 51.5 Å². The van der Waals surface area contributed by atoms with E-state index in [1.165, 1.54) is 0 Å². The Labute approximate surface area is 364 Å². The second kappa shape index (κ2) is 18.2. The summed E-state index contributed by atoms with van der Waals surface area (Å²) in [5, 5.41) is 31.7. The van der Waals surface area contributed by atoms with Crippen LogP contribution in [0.4, 0.5) is 17.1 Å². The number of benzene rings is 4. The standard InChI is InChI=1S/C48H58N6O7Si/c1-5-60-37-21-22-42-35(27-37)28-40(49-24-11-12-26-55)46(57)54(42)36-19-17-33(18-20-36)29-53-43-16-10-9-15-39(43)48(47(53)58)32(2)45(62(3,4)59)44(61-48)23-25-52-30-41(50-51-52)38(31-56)34-13-7-6-8-14-34/h6-10,13-22,27,30,32,38,40,44-45,49,55-56,59H,5,11-12,23-26,28-29,31H2,1-4H3/t32-,38?,40?,44+,45-,48+/m1/s1. The van der Waals surface area contributed by atoms with Crippen molar-refractivity contribution in [2.24, 2.45) is 5.92 Å². The van der Waals surface area contributed by atoms with Crippen LogP contribution in [-0.2, 0) is 39.4 Å². The second-order valence-electron chi connectivity index (χ2n) is 17.3. The number of aliphatic hydroxyl groups is 2. The maximum absolute atomic E-state index is 15.1. The average molecular weight is 859 g/mol. The third-order valence-corrected chi connectivity index (χ3v) is 15.4. The van der Waals surface area contributed by atoms with Gasteiger partial charge in [0, 0.05) is 42.1 Å². The van der Waals surface area contributed by atoms with Crippen LogP contribution < -0.4 is 19.9 Å². The minimum absolute atomic E-state index is 0.0540. The third-order valence-electron chi connectivity index (χ3n) is 12.9. The van der Waals surface area contributed by atoms with Gasteiger partial charge in [0.1, 0.15) is 5.75 Å². The number of unbranched alkanes of at least 4 members (excludes halogenated alkanes) is 1. The van der Waals surface area contributed by atoms with E-state index in [0.29, 0.717) is 44.7 Å². The van der Waals surface area contributed by atoms with Gasteiger partial charge in [-0.05, 0) is 105 Å². The fourth-order valence-electron chi connectivity index (χ4n) is 10.0. The highest BCUT2D eigenvalue weighted by atomic mass is 28.4. The summed E-state index contributed by atoms with van der Waals surface area (Å²) < 4.78 is 14.6. The second-order valence-corrected chi connectivity index (χ2v) is 21.3. The molecule has 3 aliphatic rings. The lowest BCUT2D eigenvalue weighted by molar-refractivity contribution is -0.146. The van der Waals surface area contributed by atoms with Crippen molar-refractivity contribution in [1.29, 1.82) is 0 Å². The number of nitrogens with one attached hydrogen (secondary N) is 1. The first-order valence-electron chi connectivity index (χ1n) is 21.9. The highest BCUT2D eigenvalue weighted by molar-refractivity contribution is 6.71. The third kappa shape index (κ3) is 8.23. The molecule has 3 aliphatic heterocycles. The predicted octanol–water partition coefficient (Wildman–Crippen LogP) is 6.19. The monoisotopic (exact) mass is 858 g/mol. The van der Waals surface area contributed by atoms with Crippen molar-refractivity contribution >= 4 is 37.2 Å². The summed E-state index contributed by atoms with van der Waals surface area (Å²) in [6, 6.07) is 30.8. The van der Waals surface area contributed by atoms with Gasteiger partial charge in [-0.3, -0.25) is 19.2 Å². The van der Waals surface area contributed by atoms with Crippen molar-refractivity contribution in [3.63, 3.8) is 0 Å². The SMILES string of the molecule is CCOc1ccc2c(c1)CC(NCCCCO)C(=O)N2c1ccc(CN2C(=O)[C@@]3(O[C@@H](CCn4cc(C(CO)c5ccccc5)nn4)[C@H]([Si](C)(C)O)[C@H]3C)c3ccccc32)cc1. The molecule has 4 N–H and O–H groups in total. The lowest BCUT2D eigenvalue weighted by Gasteiger charge is -2.35. The van der Waals surface area contributed by atoms with Crippen molar-refractivity contribution in [2.45, 2.75) is 94.9 Å². The Morgan fingerprint density at radius 1 is 0.968 bits per heavy atom. The molecule has 8 rings (SSSR count). The maximum atomic E-state index is 15.1. The normalized spacial score (nSPS) is 22.6. The van der Waals surface area contributed by atoms with Gasteiger partial charge in [0.25, 0.3) is 5.91 Å². The summed E-state index contributed by atoms with van der Waals surface area (Å²) >= 11 is 0. The fourth-order valence-corrected chi connectivity index (χ4v) is 12.6. The van der Waals surface area contributed by atoms with Gasteiger partial charge in [0.15, 0.2) is 13.9 Å². The maximum Gasteiger partial charge on any atom is 0.264 e. The van der Waals surface area contributed by atoms with Crippen molar-refractivity contribution in [3.8, 4) is 5.75 Å². The molecule has 0 saturated carbocycles. The predicted molar refractivity (Wildman–Crippen MR) is 240 cm³/mol.